The molecule has 0 saturated heterocycles. The van der Waals surface area contributed by atoms with Crippen LogP contribution in [0.5, 0.6) is 5.75 Å². The number of hydrogen-bond donors (Lipinski definition) is 0. The van der Waals surface area contributed by atoms with Crippen LogP contribution in [0.15, 0.2) is 66.7 Å². The first-order valence-corrected chi connectivity index (χ1v) is 10.8. The van der Waals surface area contributed by atoms with Crippen LogP contribution in [0, 0.1) is 29.5 Å². The highest BCUT2D eigenvalue weighted by Crippen LogP contribution is 2.18. The molecule has 160 valence electrons. The van der Waals surface area contributed by atoms with Crippen molar-refractivity contribution in [1.82, 2.24) is 0 Å². The number of benzene rings is 3. The van der Waals surface area contributed by atoms with Crippen LogP contribution in [0.4, 0.5) is 4.39 Å². The zero-order valence-corrected chi connectivity index (χ0v) is 18.4. The second-order valence-electron chi connectivity index (χ2n) is 7.36. The molecule has 0 saturated carbocycles. The minimum atomic E-state index is -0.539. The van der Waals surface area contributed by atoms with Crippen molar-refractivity contribution in [2.75, 3.05) is 0 Å². The van der Waals surface area contributed by atoms with Crippen molar-refractivity contribution in [3.8, 4) is 29.4 Å². The molecule has 0 N–H and O–H groups in total. The summed E-state index contributed by atoms with van der Waals surface area (Å²) in [6.07, 6.45) is 3.90. The third kappa shape index (κ3) is 6.59. The summed E-state index contributed by atoms with van der Waals surface area (Å²) in [6, 6.07) is 19.0. The van der Waals surface area contributed by atoms with E-state index in [4.69, 9.17) is 4.74 Å². The number of carbonyl (C=O) groups excluding carboxylic acids is 1. The van der Waals surface area contributed by atoms with Crippen molar-refractivity contribution in [3.63, 3.8) is 0 Å². The monoisotopic (exact) mass is 424 g/mol. The number of rotatable bonds is 5. The van der Waals surface area contributed by atoms with Crippen molar-refractivity contribution >= 4 is 5.97 Å². The molecular formula is C29H25FO2. The molecule has 0 spiro atoms. The second-order valence-corrected chi connectivity index (χ2v) is 7.36. The van der Waals surface area contributed by atoms with E-state index in [2.05, 4.69) is 37.5 Å². The van der Waals surface area contributed by atoms with Gasteiger partial charge in [-0.3, -0.25) is 0 Å². The highest BCUT2D eigenvalue weighted by Gasteiger charge is 2.10. The van der Waals surface area contributed by atoms with Gasteiger partial charge in [0.25, 0.3) is 0 Å². The van der Waals surface area contributed by atoms with E-state index in [0.29, 0.717) is 5.56 Å². The molecule has 0 aliphatic rings. The summed E-state index contributed by atoms with van der Waals surface area (Å²) in [5.74, 6) is 11.1. The summed E-state index contributed by atoms with van der Waals surface area (Å²) < 4.78 is 19.8. The molecule has 3 rings (SSSR count). The van der Waals surface area contributed by atoms with Gasteiger partial charge in [0.15, 0.2) is 0 Å². The van der Waals surface area contributed by atoms with E-state index in [1.54, 1.807) is 18.2 Å². The van der Waals surface area contributed by atoms with Crippen molar-refractivity contribution in [2.24, 2.45) is 0 Å². The van der Waals surface area contributed by atoms with Crippen molar-refractivity contribution < 1.29 is 13.9 Å². The van der Waals surface area contributed by atoms with Gasteiger partial charge in [-0.25, -0.2) is 9.18 Å². The van der Waals surface area contributed by atoms with E-state index in [-0.39, 0.29) is 11.3 Å². The van der Waals surface area contributed by atoms with Crippen LogP contribution in [-0.2, 0) is 6.42 Å². The number of halogens is 1. The van der Waals surface area contributed by atoms with E-state index in [0.717, 1.165) is 42.4 Å². The van der Waals surface area contributed by atoms with Gasteiger partial charge in [0.05, 0.1) is 11.1 Å². The Morgan fingerprint density at radius 3 is 2.16 bits per heavy atom. The number of esters is 1. The molecule has 3 aromatic rings. The fourth-order valence-corrected chi connectivity index (χ4v) is 2.99. The third-order valence-corrected chi connectivity index (χ3v) is 4.71. The molecule has 0 aromatic heterocycles. The number of ether oxygens (including phenoxy) is 1. The molecular weight excluding hydrogens is 399 g/mol. The van der Waals surface area contributed by atoms with Gasteiger partial charge in [0, 0.05) is 23.6 Å². The van der Waals surface area contributed by atoms with Crippen molar-refractivity contribution in [1.29, 1.82) is 0 Å². The number of aryl methyl sites for hydroxylation is 1. The Morgan fingerprint density at radius 2 is 1.53 bits per heavy atom. The summed E-state index contributed by atoms with van der Waals surface area (Å²) >= 11 is 0. The number of hydrogen-bond acceptors (Lipinski definition) is 2. The van der Waals surface area contributed by atoms with E-state index in [1.807, 2.05) is 36.4 Å². The first-order valence-electron chi connectivity index (χ1n) is 10.8. The van der Waals surface area contributed by atoms with Crippen LogP contribution in [-0.4, -0.2) is 5.97 Å². The quantitative estimate of drug-likeness (QED) is 0.264. The van der Waals surface area contributed by atoms with Crippen molar-refractivity contribution in [2.45, 2.75) is 39.5 Å². The second kappa shape index (κ2) is 11.5. The maximum absolute atomic E-state index is 14.5. The minimum absolute atomic E-state index is 0.144. The van der Waals surface area contributed by atoms with Gasteiger partial charge in [0.2, 0.25) is 0 Å². The van der Waals surface area contributed by atoms with E-state index < -0.39 is 11.8 Å². The molecule has 2 nitrogen and oxygen atoms in total. The van der Waals surface area contributed by atoms with Crippen molar-refractivity contribution in [3.05, 3.63) is 100 Å². The fraction of sp³-hybridized carbons (Fsp3) is 0.207. The summed E-state index contributed by atoms with van der Waals surface area (Å²) in [7, 11) is 0. The highest BCUT2D eigenvalue weighted by atomic mass is 19.1. The molecule has 3 heteroatoms. The summed E-state index contributed by atoms with van der Waals surface area (Å²) in [5, 5.41) is 0. The Hall–Kier alpha value is -3.82. The summed E-state index contributed by atoms with van der Waals surface area (Å²) in [4.78, 5) is 12.3. The van der Waals surface area contributed by atoms with Gasteiger partial charge in [0.1, 0.15) is 11.6 Å². The molecule has 0 radical (unpaired) electrons. The van der Waals surface area contributed by atoms with Gasteiger partial charge in [-0.15, -0.1) is 0 Å². The molecule has 0 heterocycles. The third-order valence-electron chi connectivity index (χ3n) is 4.71. The molecule has 0 amide bonds. The fourth-order valence-electron chi connectivity index (χ4n) is 2.99. The maximum Gasteiger partial charge on any atom is 0.343 e. The van der Waals surface area contributed by atoms with Gasteiger partial charge >= 0.3 is 5.97 Å². The highest BCUT2D eigenvalue weighted by molar-refractivity contribution is 5.91. The number of carbonyl (C=O) groups is 1. The molecule has 0 atom stereocenters. The van der Waals surface area contributed by atoms with Crippen LogP contribution in [0.3, 0.4) is 0 Å². The normalized spacial score (nSPS) is 9.84. The lowest BCUT2D eigenvalue weighted by Crippen LogP contribution is -2.08. The first kappa shape index (κ1) is 22.9. The maximum atomic E-state index is 14.5. The molecule has 0 unspecified atom stereocenters. The zero-order chi connectivity index (χ0) is 22.8. The lowest BCUT2D eigenvalue weighted by atomic mass is 10.1. The van der Waals surface area contributed by atoms with Crippen LogP contribution in [0.1, 0.15) is 65.7 Å². The molecule has 0 aliphatic carbocycles. The molecule has 32 heavy (non-hydrogen) atoms. The lowest BCUT2D eigenvalue weighted by molar-refractivity contribution is 0.0734. The SMILES string of the molecule is CCCC#Cc1ccc(C#Cc2ccc(OC(=O)c3ccc(CCC)cc3)cc2F)cc1. The molecule has 0 fully saturated rings. The van der Waals surface area contributed by atoms with Crippen LogP contribution < -0.4 is 4.74 Å². The van der Waals surface area contributed by atoms with Crippen LogP contribution in [0.2, 0.25) is 0 Å². The minimum Gasteiger partial charge on any atom is -0.423 e. The molecule has 0 aliphatic heterocycles. The topological polar surface area (TPSA) is 26.3 Å². The zero-order valence-electron chi connectivity index (χ0n) is 18.4. The molecule has 3 aromatic carbocycles. The van der Waals surface area contributed by atoms with Crippen LogP contribution >= 0.6 is 0 Å². The average Bonchev–Trinajstić information content (AvgIpc) is 2.80. The Kier molecular flexibility index (Phi) is 8.24. The van der Waals surface area contributed by atoms with E-state index >= 15 is 0 Å². The van der Waals surface area contributed by atoms with Crippen LogP contribution in [0.25, 0.3) is 0 Å². The lowest BCUT2D eigenvalue weighted by Gasteiger charge is -2.06. The number of unbranched alkanes of at least 4 members (excludes halogenated alkanes) is 1. The Morgan fingerprint density at radius 1 is 0.844 bits per heavy atom. The van der Waals surface area contributed by atoms with Gasteiger partial charge < -0.3 is 4.74 Å². The smallest absolute Gasteiger partial charge is 0.343 e. The largest absolute Gasteiger partial charge is 0.423 e. The Bertz CT molecular complexity index is 1180. The van der Waals surface area contributed by atoms with Gasteiger partial charge in [-0.05, 0) is 66.9 Å². The first-order chi connectivity index (χ1) is 15.6. The van der Waals surface area contributed by atoms with Gasteiger partial charge in [-0.2, -0.15) is 0 Å². The van der Waals surface area contributed by atoms with E-state index in [1.165, 1.54) is 12.1 Å². The molecule has 0 bridgehead atoms. The standard InChI is InChI=1S/C29H25FO2/c1-3-5-6-8-23-9-11-24(12-10-23)13-16-25-19-20-27(21-28(25)30)32-29(31)26-17-14-22(7-4-2)15-18-26/h9-12,14-15,17-21H,3-5,7H2,1-2H3. The Labute approximate surface area is 189 Å². The van der Waals surface area contributed by atoms with E-state index in [9.17, 15) is 9.18 Å². The van der Waals surface area contributed by atoms with Gasteiger partial charge in [-0.1, -0.05) is 56.1 Å². The average molecular weight is 425 g/mol. The summed E-state index contributed by atoms with van der Waals surface area (Å²) in [6.45, 7) is 4.19. The summed E-state index contributed by atoms with van der Waals surface area (Å²) in [5.41, 5.74) is 3.53. The predicted octanol–water partition coefficient (Wildman–Crippen LogP) is 6.55. The Balaban J connectivity index is 1.65. The predicted molar refractivity (Wildman–Crippen MR) is 126 cm³/mol.